The molecule has 1 atom stereocenters. The van der Waals surface area contributed by atoms with E-state index in [1.165, 1.54) is 5.56 Å². The molecule has 20 heavy (non-hydrogen) atoms. The molecule has 1 unspecified atom stereocenters. The van der Waals surface area contributed by atoms with Crippen molar-refractivity contribution in [2.75, 3.05) is 0 Å². The van der Waals surface area contributed by atoms with Gasteiger partial charge in [0.1, 0.15) is 11.3 Å². The summed E-state index contributed by atoms with van der Waals surface area (Å²) in [6.45, 7) is 6.01. The Hall–Kier alpha value is -1.81. The number of imidazole rings is 1. The summed E-state index contributed by atoms with van der Waals surface area (Å²) in [5.74, 6) is 0.854. The first kappa shape index (κ1) is 13.2. The van der Waals surface area contributed by atoms with Crippen molar-refractivity contribution >= 4 is 22.8 Å². The van der Waals surface area contributed by atoms with Crippen LogP contribution in [-0.4, -0.2) is 19.3 Å². The number of alkyl halides is 1. The standard InChI is InChI=1S/C15H17ClN4/c1-9-7-5-6-8-12(9)20-14(10(2)16)17-13-11(3)18-19(4)15(13)20/h5-8,10H,1-4H3. The van der Waals surface area contributed by atoms with E-state index in [-0.39, 0.29) is 5.38 Å². The van der Waals surface area contributed by atoms with Crippen molar-refractivity contribution in [3.05, 3.63) is 41.3 Å². The van der Waals surface area contributed by atoms with Crippen LogP contribution in [0.15, 0.2) is 24.3 Å². The molecule has 3 rings (SSSR count). The number of halogens is 1. The van der Waals surface area contributed by atoms with Crippen LogP contribution in [0.1, 0.15) is 29.4 Å². The fourth-order valence-electron chi connectivity index (χ4n) is 2.61. The Balaban J connectivity index is 2.44. The van der Waals surface area contributed by atoms with E-state index < -0.39 is 0 Å². The topological polar surface area (TPSA) is 35.6 Å². The van der Waals surface area contributed by atoms with E-state index in [2.05, 4.69) is 28.7 Å². The lowest BCUT2D eigenvalue weighted by molar-refractivity contribution is 0.747. The van der Waals surface area contributed by atoms with Gasteiger partial charge in [0.15, 0.2) is 5.65 Å². The fourth-order valence-corrected chi connectivity index (χ4v) is 2.75. The molecule has 2 aromatic heterocycles. The SMILES string of the molecule is Cc1ccccc1-n1c(C(C)Cl)nc2c(C)nn(C)c21. The van der Waals surface area contributed by atoms with Crippen molar-refractivity contribution in [3.63, 3.8) is 0 Å². The predicted octanol–water partition coefficient (Wildman–Crippen LogP) is 3.68. The van der Waals surface area contributed by atoms with Crippen LogP contribution < -0.4 is 0 Å². The van der Waals surface area contributed by atoms with Crippen LogP contribution in [-0.2, 0) is 7.05 Å². The Morgan fingerprint density at radius 2 is 1.90 bits per heavy atom. The van der Waals surface area contributed by atoms with Gasteiger partial charge in [-0.15, -0.1) is 11.6 Å². The molecule has 3 aromatic rings. The molecular weight excluding hydrogens is 272 g/mol. The highest BCUT2D eigenvalue weighted by molar-refractivity contribution is 6.20. The highest BCUT2D eigenvalue weighted by atomic mass is 35.5. The van der Waals surface area contributed by atoms with E-state index in [1.54, 1.807) is 0 Å². The zero-order chi connectivity index (χ0) is 14.4. The minimum atomic E-state index is -0.165. The molecule has 1 aromatic carbocycles. The number of hydrogen-bond donors (Lipinski definition) is 0. The monoisotopic (exact) mass is 288 g/mol. The molecule has 0 N–H and O–H groups in total. The zero-order valence-electron chi connectivity index (χ0n) is 12.1. The summed E-state index contributed by atoms with van der Waals surface area (Å²) in [7, 11) is 1.94. The summed E-state index contributed by atoms with van der Waals surface area (Å²) in [4.78, 5) is 4.70. The van der Waals surface area contributed by atoms with Gasteiger partial charge in [0.05, 0.1) is 16.8 Å². The molecule has 0 saturated carbocycles. The maximum atomic E-state index is 6.33. The minimum Gasteiger partial charge on any atom is -0.279 e. The molecule has 0 spiro atoms. The van der Waals surface area contributed by atoms with Gasteiger partial charge in [-0.25, -0.2) is 9.67 Å². The Morgan fingerprint density at radius 3 is 2.55 bits per heavy atom. The molecule has 0 aliphatic rings. The van der Waals surface area contributed by atoms with Crippen LogP contribution in [0.2, 0.25) is 0 Å². The molecule has 0 aliphatic heterocycles. The molecule has 0 bridgehead atoms. The number of aromatic nitrogens is 4. The lowest BCUT2D eigenvalue weighted by atomic mass is 10.2. The quantitative estimate of drug-likeness (QED) is 0.675. The Labute approximate surface area is 123 Å². The summed E-state index contributed by atoms with van der Waals surface area (Å²) in [5, 5.41) is 4.29. The second-order valence-electron chi connectivity index (χ2n) is 5.09. The number of hydrogen-bond acceptors (Lipinski definition) is 2. The third kappa shape index (κ3) is 1.83. The Morgan fingerprint density at radius 1 is 1.20 bits per heavy atom. The third-order valence-electron chi connectivity index (χ3n) is 3.54. The summed E-state index contributed by atoms with van der Waals surface area (Å²) >= 11 is 6.33. The molecule has 104 valence electrons. The van der Waals surface area contributed by atoms with Gasteiger partial charge in [0.2, 0.25) is 0 Å². The molecule has 0 amide bonds. The number of benzene rings is 1. The van der Waals surface area contributed by atoms with E-state index in [0.717, 1.165) is 28.4 Å². The average molecular weight is 289 g/mol. The molecule has 4 nitrogen and oxygen atoms in total. The average Bonchev–Trinajstić information content (AvgIpc) is 2.90. The number of nitrogens with zero attached hydrogens (tertiary/aromatic N) is 4. The zero-order valence-corrected chi connectivity index (χ0v) is 12.8. The van der Waals surface area contributed by atoms with E-state index >= 15 is 0 Å². The van der Waals surface area contributed by atoms with E-state index in [0.29, 0.717) is 0 Å². The van der Waals surface area contributed by atoms with Crippen LogP contribution in [0.5, 0.6) is 0 Å². The Kier molecular flexibility index (Phi) is 3.05. The lowest BCUT2D eigenvalue weighted by Gasteiger charge is -2.13. The van der Waals surface area contributed by atoms with Crippen molar-refractivity contribution < 1.29 is 0 Å². The van der Waals surface area contributed by atoms with Crippen molar-refractivity contribution in [3.8, 4) is 5.69 Å². The van der Waals surface area contributed by atoms with Gasteiger partial charge >= 0.3 is 0 Å². The van der Waals surface area contributed by atoms with E-state index in [4.69, 9.17) is 16.6 Å². The van der Waals surface area contributed by atoms with Gasteiger partial charge in [0.25, 0.3) is 0 Å². The van der Waals surface area contributed by atoms with E-state index in [1.807, 2.05) is 37.7 Å². The first-order valence-electron chi connectivity index (χ1n) is 6.62. The summed E-state index contributed by atoms with van der Waals surface area (Å²) in [5.41, 5.74) is 5.11. The largest absolute Gasteiger partial charge is 0.279 e. The number of rotatable bonds is 2. The van der Waals surface area contributed by atoms with Crippen LogP contribution in [0.3, 0.4) is 0 Å². The predicted molar refractivity (Wildman–Crippen MR) is 81.6 cm³/mol. The van der Waals surface area contributed by atoms with Crippen molar-refractivity contribution in [2.24, 2.45) is 7.05 Å². The second-order valence-corrected chi connectivity index (χ2v) is 5.74. The molecule has 0 saturated heterocycles. The van der Waals surface area contributed by atoms with Gasteiger partial charge in [0, 0.05) is 7.05 Å². The van der Waals surface area contributed by atoms with Gasteiger partial charge in [-0.2, -0.15) is 5.10 Å². The van der Waals surface area contributed by atoms with Gasteiger partial charge in [-0.3, -0.25) is 4.57 Å². The highest BCUT2D eigenvalue weighted by Gasteiger charge is 2.21. The highest BCUT2D eigenvalue weighted by Crippen LogP contribution is 2.30. The lowest BCUT2D eigenvalue weighted by Crippen LogP contribution is -2.07. The van der Waals surface area contributed by atoms with Crippen molar-refractivity contribution in [2.45, 2.75) is 26.1 Å². The van der Waals surface area contributed by atoms with Crippen molar-refractivity contribution in [1.82, 2.24) is 19.3 Å². The van der Waals surface area contributed by atoms with Gasteiger partial charge in [-0.1, -0.05) is 18.2 Å². The first-order valence-corrected chi connectivity index (χ1v) is 7.06. The fraction of sp³-hybridized carbons (Fsp3) is 0.333. The minimum absolute atomic E-state index is 0.165. The smallest absolute Gasteiger partial charge is 0.163 e. The maximum absolute atomic E-state index is 6.33. The molecule has 2 heterocycles. The van der Waals surface area contributed by atoms with Crippen LogP contribution in [0.4, 0.5) is 0 Å². The van der Waals surface area contributed by atoms with Crippen molar-refractivity contribution in [1.29, 1.82) is 0 Å². The number of aryl methyl sites for hydroxylation is 3. The first-order chi connectivity index (χ1) is 9.50. The van der Waals surface area contributed by atoms with E-state index in [9.17, 15) is 0 Å². The normalized spacial score (nSPS) is 13.1. The molecule has 0 fully saturated rings. The maximum Gasteiger partial charge on any atom is 0.163 e. The molecule has 0 aliphatic carbocycles. The molecule has 0 radical (unpaired) electrons. The second kappa shape index (κ2) is 4.63. The van der Waals surface area contributed by atoms with Crippen LogP contribution in [0.25, 0.3) is 16.9 Å². The summed E-state index contributed by atoms with van der Waals surface area (Å²) in [6.07, 6.45) is 0. The van der Waals surface area contributed by atoms with Gasteiger partial charge < -0.3 is 0 Å². The van der Waals surface area contributed by atoms with Gasteiger partial charge in [-0.05, 0) is 32.4 Å². The van der Waals surface area contributed by atoms with Crippen LogP contribution in [0, 0.1) is 13.8 Å². The molecular formula is C15H17ClN4. The number of para-hydroxylation sites is 1. The van der Waals surface area contributed by atoms with Crippen LogP contribution >= 0.6 is 11.6 Å². The summed E-state index contributed by atoms with van der Waals surface area (Å²) < 4.78 is 3.98. The Bertz CT molecular complexity index is 783. The summed E-state index contributed by atoms with van der Waals surface area (Å²) in [6, 6.07) is 8.24. The third-order valence-corrected chi connectivity index (χ3v) is 3.74. The molecule has 5 heteroatoms. The number of fused-ring (bicyclic) bond motifs is 1.